The molecule has 1 fully saturated rings. The zero-order chi connectivity index (χ0) is 16.9. The van der Waals surface area contributed by atoms with Crippen LogP contribution in [0, 0.1) is 0 Å². The van der Waals surface area contributed by atoms with Crippen molar-refractivity contribution in [1.82, 2.24) is 14.9 Å². The van der Waals surface area contributed by atoms with Crippen LogP contribution in [0.2, 0.25) is 0 Å². The van der Waals surface area contributed by atoms with Gasteiger partial charge in [-0.05, 0) is 24.3 Å². The smallest absolute Gasteiger partial charge is 0.275 e. The van der Waals surface area contributed by atoms with Crippen molar-refractivity contribution in [2.45, 2.75) is 6.04 Å². The van der Waals surface area contributed by atoms with E-state index >= 15 is 0 Å². The van der Waals surface area contributed by atoms with Gasteiger partial charge in [-0.2, -0.15) is 0 Å². The molecule has 0 unspecified atom stereocenters. The molecule has 8 heteroatoms. The lowest BCUT2D eigenvalue weighted by atomic mass is 10.2. The monoisotopic (exact) mass is 344 g/mol. The predicted molar refractivity (Wildman–Crippen MR) is 90.9 cm³/mol. The number of hydrogen-bond acceptors (Lipinski definition) is 6. The highest BCUT2D eigenvalue weighted by Crippen LogP contribution is 2.24. The van der Waals surface area contributed by atoms with E-state index in [1.165, 1.54) is 35.3 Å². The molecule has 1 aromatic carbocycles. The van der Waals surface area contributed by atoms with E-state index in [1.54, 1.807) is 31.4 Å². The van der Waals surface area contributed by atoms with Gasteiger partial charge in [0.15, 0.2) is 0 Å². The molecule has 2 heterocycles. The Morgan fingerprint density at radius 2 is 2.08 bits per heavy atom. The number of nitrogens with one attached hydrogen (secondary N) is 1. The Hall–Kier alpha value is -2.61. The summed E-state index contributed by atoms with van der Waals surface area (Å²) in [6.07, 6.45) is 4.37. The van der Waals surface area contributed by atoms with Gasteiger partial charge < -0.3 is 15.0 Å². The van der Waals surface area contributed by atoms with Crippen LogP contribution in [0.3, 0.4) is 0 Å². The summed E-state index contributed by atoms with van der Waals surface area (Å²) in [6, 6.07) is 6.51. The average molecular weight is 344 g/mol. The standard InChI is InChI=1S/C16H16N4O3S/c1-23-12-4-2-11(3-5-12)19-15(21)14-9-24-10-20(14)16(22)13-8-17-6-7-18-13/h2-8,14H,9-10H2,1H3,(H,19,21)/t14-/m1/s1. The van der Waals surface area contributed by atoms with E-state index in [0.29, 0.717) is 23.1 Å². The highest BCUT2D eigenvalue weighted by molar-refractivity contribution is 7.99. The van der Waals surface area contributed by atoms with Crippen LogP contribution in [0.15, 0.2) is 42.9 Å². The number of benzene rings is 1. The SMILES string of the molecule is COc1ccc(NC(=O)[C@H]2CSCN2C(=O)c2cnccn2)cc1. The Balaban J connectivity index is 1.70. The number of carbonyl (C=O) groups excluding carboxylic acids is 2. The predicted octanol–water partition coefficient (Wildman–Crippen LogP) is 1.64. The summed E-state index contributed by atoms with van der Waals surface area (Å²) in [5.41, 5.74) is 0.895. The number of thioether (sulfide) groups is 1. The normalized spacial score (nSPS) is 16.7. The Bertz CT molecular complexity index is 724. The summed E-state index contributed by atoms with van der Waals surface area (Å²) in [7, 11) is 1.58. The molecule has 1 atom stereocenters. The van der Waals surface area contributed by atoms with Crippen molar-refractivity contribution in [2.75, 3.05) is 24.1 Å². The molecule has 0 radical (unpaired) electrons. The van der Waals surface area contributed by atoms with Crippen molar-refractivity contribution in [3.05, 3.63) is 48.5 Å². The number of aromatic nitrogens is 2. The van der Waals surface area contributed by atoms with Crippen LogP contribution in [-0.2, 0) is 4.79 Å². The maximum Gasteiger partial charge on any atom is 0.275 e. The lowest BCUT2D eigenvalue weighted by Crippen LogP contribution is -2.44. The molecule has 0 saturated carbocycles. The van der Waals surface area contributed by atoms with Crippen molar-refractivity contribution in [1.29, 1.82) is 0 Å². The van der Waals surface area contributed by atoms with E-state index in [2.05, 4.69) is 15.3 Å². The fraction of sp³-hybridized carbons (Fsp3) is 0.250. The highest BCUT2D eigenvalue weighted by Gasteiger charge is 2.35. The maximum absolute atomic E-state index is 12.5. The van der Waals surface area contributed by atoms with Gasteiger partial charge in [-0.25, -0.2) is 4.98 Å². The van der Waals surface area contributed by atoms with Gasteiger partial charge in [-0.1, -0.05) is 0 Å². The number of nitrogens with zero attached hydrogens (tertiary/aromatic N) is 3. The first-order chi connectivity index (χ1) is 11.7. The van der Waals surface area contributed by atoms with Gasteiger partial charge in [0.05, 0.1) is 19.2 Å². The minimum Gasteiger partial charge on any atom is -0.497 e. The van der Waals surface area contributed by atoms with Crippen molar-refractivity contribution < 1.29 is 14.3 Å². The van der Waals surface area contributed by atoms with Crippen LogP contribution < -0.4 is 10.1 Å². The first-order valence-electron chi connectivity index (χ1n) is 7.28. The zero-order valence-electron chi connectivity index (χ0n) is 13.0. The molecule has 7 nitrogen and oxygen atoms in total. The second-order valence-electron chi connectivity index (χ2n) is 5.10. The average Bonchev–Trinajstić information content (AvgIpc) is 3.12. The van der Waals surface area contributed by atoms with Gasteiger partial charge >= 0.3 is 0 Å². The van der Waals surface area contributed by atoms with Crippen LogP contribution >= 0.6 is 11.8 Å². The first-order valence-corrected chi connectivity index (χ1v) is 8.44. The quantitative estimate of drug-likeness (QED) is 0.908. The molecule has 0 spiro atoms. The number of methoxy groups -OCH3 is 1. The van der Waals surface area contributed by atoms with Crippen LogP contribution in [0.1, 0.15) is 10.5 Å². The Labute approximate surface area is 143 Å². The minimum atomic E-state index is -0.536. The summed E-state index contributed by atoms with van der Waals surface area (Å²) < 4.78 is 5.09. The summed E-state index contributed by atoms with van der Waals surface area (Å²) >= 11 is 1.53. The van der Waals surface area contributed by atoms with Gasteiger partial charge in [0.2, 0.25) is 5.91 Å². The third kappa shape index (κ3) is 3.48. The Morgan fingerprint density at radius 3 is 2.75 bits per heavy atom. The van der Waals surface area contributed by atoms with Gasteiger partial charge in [0.25, 0.3) is 5.91 Å². The Kier molecular flexibility index (Phi) is 4.95. The number of amides is 2. The fourth-order valence-corrected chi connectivity index (χ4v) is 3.47. The van der Waals surface area contributed by atoms with Gasteiger partial charge in [-0.15, -0.1) is 11.8 Å². The molecule has 2 aromatic rings. The fourth-order valence-electron chi connectivity index (χ4n) is 2.32. The van der Waals surface area contributed by atoms with Crippen LogP contribution in [-0.4, -0.2) is 51.5 Å². The molecule has 24 heavy (non-hydrogen) atoms. The van der Waals surface area contributed by atoms with E-state index in [-0.39, 0.29) is 17.5 Å². The van der Waals surface area contributed by atoms with Crippen LogP contribution in [0.25, 0.3) is 0 Å². The second-order valence-corrected chi connectivity index (χ2v) is 6.10. The number of ether oxygens (including phenoxy) is 1. The number of hydrogen-bond donors (Lipinski definition) is 1. The molecule has 124 valence electrons. The molecular weight excluding hydrogens is 328 g/mol. The van der Waals surface area contributed by atoms with Crippen molar-refractivity contribution >= 4 is 29.3 Å². The number of rotatable bonds is 4. The van der Waals surface area contributed by atoms with E-state index < -0.39 is 6.04 Å². The molecule has 3 rings (SSSR count). The third-order valence-electron chi connectivity index (χ3n) is 3.59. The summed E-state index contributed by atoms with van der Waals surface area (Å²) in [5, 5.41) is 2.83. The van der Waals surface area contributed by atoms with E-state index in [4.69, 9.17) is 4.74 Å². The van der Waals surface area contributed by atoms with Crippen molar-refractivity contribution in [2.24, 2.45) is 0 Å². The summed E-state index contributed by atoms with van der Waals surface area (Å²) in [6.45, 7) is 0. The lowest BCUT2D eigenvalue weighted by molar-refractivity contribution is -0.119. The highest BCUT2D eigenvalue weighted by atomic mass is 32.2. The van der Waals surface area contributed by atoms with E-state index in [1.807, 2.05) is 0 Å². The molecule has 1 aromatic heterocycles. The molecule has 2 amide bonds. The van der Waals surface area contributed by atoms with Gasteiger partial charge in [0, 0.05) is 23.8 Å². The van der Waals surface area contributed by atoms with Crippen molar-refractivity contribution in [3.63, 3.8) is 0 Å². The van der Waals surface area contributed by atoms with Crippen LogP contribution in [0.5, 0.6) is 5.75 Å². The number of carbonyl (C=O) groups is 2. The third-order valence-corrected chi connectivity index (χ3v) is 4.60. The minimum absolute atomic E-state index is 0.220. The number of anilines is 1. The molecule has 0 bridgehead atoms. The van der Waals surface area contributed by atoms with Crippen molar-refractivity contribution in [3.8, 4) is 5.75 Å². The largest absolute Gasteiger partial charge is 0.497 e. The van der Waals surface area contributed by atoms with Crippen LogP contribution in [0.4, 0.5) is 5.69 Å². The molecular formula is C16H16N4O3S. The molecule has 1 aliphatic heterocycles. The first kappa shape index (κ1) is 16.3. The molecule has 1 saturated heterocycles. The lowest BCUT2D eigenvalue weighted by Gasteiger charge is -2.22. The second kappa shape index (κ2) is 7.31. The van der Waals surface area contributed by atoms with E-state index in [9.17, 15) is 9.59 Å². The molecule has 0 aliphatic carbocycles. The topological polar surface area (TPSA) is 84.4 Å². The molecule has 1 N–H and O–H groups in total. The van der Waals surface area contributed by atoms with E-state index in [0.717, 1.165) is 0 Å². The van der Waals surface area contributed by atoms with Gasteiger partial charge in [0.1, 0.15) is 17.5 Å². The Morgan fingerprint density at radius 1 is 1.29 bits per heavy atom. The summed E-state index contributed by atoms with van der Waals surface area (Å²) in [4.78, 5) is 34.5. The molecule has 1 aliphatic rings. The maximum atomic E-state index is 12.5. The van der Waals surface area contributed by atoms with Gasteiger partial charge in [-0.3, -0.25) is 14.6 Å². The summed E-state index contributed by atoms with van der Waals surface area (Å²) in [5.74, 6) is 1.21. The zero-order valence-corrected chi connectivity index (χ0v) is 13.8.